The van der Waals surface area contributed by atoms with Crippen molar-refractivity contribution in [1.29, 1.82) is 0 Å². The number of piperidine rings is 1. The van der Waals surface area contributed by atoms with Crippen molar-refractivity contribution in [3.63, 3.8) is 0 Å². The lowest BCUT2D eigenvalue weighted by Gasteiger charge is -2.32. The first-order valence-corrected chi connectivity index (χ1v) is 11.4. The van der Waals surface area contributed by atoms with Gasteiger partial charge in [-0.15, -0.1) is 0 Å². The SMILES string of the molecule is CC1CCN(S(=O)(=O)c2ccc3[nH]c(C(=O)N4CCN(C)CC4)cc3c2)CC1. The first-order chi connectivity index (χ1) is 13.3. The molecule has 0 aliphatic carbocycles. The van der Waals surface area contributed by atoms with Crippen LogP contribution in [0.4, 0.5) is 0 Å². The Balaban J connectivity index is 1.57. The van der Waals surface area contributed by atoms with Crippen LogP contribution in [0.1, 0.15) is 30.3 Å². The Bertz CT molecular complexity index is 968. The van der Waals surface area contributed by atoms with Crippen LogP contribution in [-0.2, 0) is 10.0 Å². The second-order valence-electron chi connectivity index (χ2n) is 8.11. The highest BCUT2D eigenvalue weighted by atomic mass is 32.2. The molecule has 2 saturated heterocycles. The Kier molecular flexibility index (Phi) is 5.20. The number of hydrogen-bond donors (Lipinski definition) is 1. The van der Waals surface area contributed by atoms with E-state index in [4.69, 9.17) is 0 Å². The van der Waals surface area contributed by atoms with Crippen LogP contribution in [0.25, 0.3) is 10.9 Å². The maximum Gasteiger partial charge on any atom is 0.270 e. The highest BCUT2D eigenvalue weighted by Gasteiger charge is 2.28. The lowest BCUT2D eigenvalue weighted by atomic mass is 10.0. The van der Waals surface area contributed by atoms with E-state index < -0.39 is 10.0 Å². The molecule has 28 heavy (non-hydrogen) atoms. The highest BCUT2D eigenvalue weighted by Crippen LogP contribution is 2.26. The minimum absolute atomic E-state index is 0.0290. The number of sulfonamides is 1. The van der Waals surface area contributed by atoms with Crippen LogP contribution in [0.5, 0.6) is 0 Å². The maximum atomic E-state index is 13.0. The molecule has 1 amide bonds. The summed E-state index contributed by atoms with van der Waals surface area (Å²) in [6, 6.07) is 6.85. The van der Waals surface area contributed by atoms with Crippen LogP contribution < -0.4 is 0 Å². The molecule has 7 nitrogen and oxygen atoms in total. The first-order valence-electron chi connectivity index (χ1n) is 9.95. The predicted octanol–water partition coefficient (Wildman–Crippen LogP) is 1.98. The zero-order valence-electron chi connectivity index (χ0n) is 16.5. The summed E-state index contributed by atoms with van der Waals surface area (Å²) < 4.78 is 27.6. The predicted molar refractivity (Wildman–Crippen MR) is 109 cm³/mol. The van der Waals surface area contributed by atoms with Gasteiger partial charge in [0.15, 0.2) is 0 Å². The number of rotatable bonds is 3. The third-order valence-corrected chi connectivity index (χ3v) is 7.89. The third kappa shape index (κ3) is 3.68. The number of benzene rings is 1. The van der Waals surface area contributed by atoms with Gasteiger partial charge < -0.3 is 14.8 Å². The molecule has 1 N–H and O–H groups in total. The molecule has 2 aliphatic rings. The van der Waals surface area contributed by atoms with Gasteiger partial charge in [0.25, 0.3) is 5.91 Å². The van der Waals surface area contributed by atoms with Gasteiger partial charge in [0.05, 0.1) is 4.90 Å². The van der Waals surface area contributed by atoms with Gasteiger partial charge in [-0.3, -0.25) is 4.79 Å². The number of likely N-dealkylation sites (N-methyl/N-ethyl adjacent to an activating group) is 1. The van der Waals surface area contributed by atoms with E-state index in [0.29, 0.717) is 42.7 Å². The first kappa shape index (κ1) is 19.4. The minimum atomic E-state index is -3.50. The van der Waals surface area contributed by atoms with Crippen LogP contribution in [0.2, 0.25) is 0 Å². The number of fused-ring (bicyclic) bond motifs is 1. The van der Waals surface area contributed by atoms with Gasteiger partial charge in [-0.25, -0.2) is 8.42 Å². The summed E-state index contributed by atoms with van der Waals surface area (Å²) in [6.07, 6.45) is 1.80. The van der Waals surface area contributed by atoms with Gasteiger partial charge in [0, 0.05) is 50.2 Å². The molecule has 152 valence electrons. The average Bonchev–Trinajstić information content (AvgIpc) is 3.12. The zero-order chi connectivity index (χ0) is 19.9. The van der Waals surface area contributed by atoms with Crippen LogP contribution in [0.3, 0.4) is 0 Å². The van der Waals surface area contributed by atoms with Crippen LogP contribution in [0, 0.1) is 5.92 Å². The largest absolute Gasteiger partial charge is 0.351 e. The minimum Gasteiger partial charge on any atom is -0.351 e. The van der Waals surface area contributed by atoms with Crippen LogP contribution >= 0.6 is 0 Å². The molecule has 4 rings (SSSR count). The summed E-state index contributed by atoms with van der Waals surface area (Å²) >= 11 is 0. The molecule has 1 aromatic heterocycles. The van der Waals surface area contributed by atoms with E-state index in [1.54, 1.807) is 28.6 Å². The van der Waals surface area contributed by atoms with Crippen molar-refractivity contribution >= 4 is 26.8 Å². The number of nitrogens with zero attached hydrogens (tertiary/aromatic N) is 3. The van der Waals surface area contributed by atoms with Crippen molar-refractivity contribution in [3.05, 3.63) is 30.0 Å². The number of amides is 1. The number of aromatic nitrogens is 1. The van der Waals surface area contributed by atoms with E-state index in [0.717, 1.165) is 36.8 Å². The monoisotopic (exact) mass is 404 g/mol. The standard InChI is InChI=1S/C20H28N4O3S/c1-15-5-7-24(8-6-15)28(26,27)17-3-4-18-16(13-17)14-19(21-18)20(25)23-11-9-22(2)10-12-23/h3-4,13-15,21H,5-12H2,1-2H3. The average molecular weight is 405 g/mol. The van der Waals surface area contributed by atoms with E-state index in [-0.39, 0.29) is 5.91 Å². The van der Waals surface area contributed by atoms with E-state index in [1.807, 2.05) is 4.90 Å². The summed E-state index contributed by atoms with van der Waals surface area (Å²) in [4.78, 5) is 20.3. The van der Waals surface area contributed by atoms with E-state index in [9.17, 15) is 13.2 Å². The Morgan fingerprint density at radius 3 is 2.39 bits per heavy atom. The normalized spacial score (nSPS) is 20.7. The second kappa shape index (κ2) is 7.50. The van der Waals surface area contributed by atoms with Crippen molar-refractivity contribution < 1.29 is 13.2 Å². The Hall–Kier alpha value is -1.90. The van der Waals surface area contributed by atoms with Crippen molar-refractivity contribution in [2.75, 3.05) is 46.3 Å². The number of carbonyl (C=O) groups is 1. The molecule has 2 aromatic rings. The summed E-state index contributed by atoms with van der Waals surface area (Å²) in [5.41, 5.74) is 1.30. The molecular formula is C20H28N4O3S. The lowest BCUT2D eigenvalue weighted by Crippen LogP contribution is -2.47. The number of hydrogen-bond acceptors (Lipinski definition) is 4. The van der Waals surface area contributed by atoms with Gasteiger partial charge >= 0.3 is 0 Å². The van der Waals surface area contributed by atoms with Crippen molar-refractivity contribution in [3.8, 4) is 0 Å². The lowest BCUT2D eigenvalue weighted by molar-refractivity contribution is 0.0659. The topological polar surface area (TPSA) is 76.7 Å². The summed E-state index contributed by atoms with van der Waals surface area (Å²) in [5, 5.41) is 0.754. The molecule has 8 heteroatoms. The quantitative estimate of drug-likeness (QED) is 0.849. The number of carbonyl (C=O) groups excluding carboxylic acids is 1. The molecule has 0 saturated carbocycles. The van der Waals surface area contributed by atoms with Gasteiger partial charge in [0.1, 0.15) is 5.69 Å². The van der Waals surface area contributed by atoms with Crippen molar-refractivity contribution in [2.24, 2.45) is 5.92 Å². The van der Waals surface area contributed by atoms with Crippen LogP contribution in [-0.4, -0.2) is 79.7 Å². The Morgan fingerprint density at radius 2 is 1.71 bits per heavy atom. The molecule has 0 unspecified atom stereocenters. The highest BCUT2D eigenvalue weighted by molar-refractivity contribution is 7.89. The second-order valence-corrected chi connectivity index (χ2v) is 10.1. The Labute approximate surface area is 166 Å². The third-order valence-electron chi connectivity index (χ3n) is 5.99. The summed E-state index contributed by atoms with van der Waals surface area (Å²) in [7, 11) is -1.44. The fourth-order valence-corrected chi connectivity index (χ4v) is 5.45. The number of piperazine rings is 1. The molecule has 0 atom stereocenters. The van der Waals surface area contributed by atoms with Gasteiger partial charge in [-0.2, -0.15) is 4.31 Å². The summed E-state index contributed by atoms with van der Waals surface area (Å²) in [5.74, 6) is 0.542. The number of H-pyrrole nitrogens is 1. The van der Waals surface area contributed by atoms with Crippen LogP contribution in [0.15, 0.2) is 29.2 Å². The molecule has 2 aliphatic heterocycles. The number of nitrogens with one attached hydrogen (secondary N) is 1. The van der Waals surface area contributed by atoms with E-state index in [1.165, 1.54) is 0 Å². The summed E-state index contributed by atoms with van der Waals surface area (Å²) in [6.45, 7) is 6.44. The maximum absolute atomic E-state index is 13.0. The molecule has 0 bridgehead atoms. The smallest absolute Gasteiger partial charge is 0.270 e. The molecule has 0 radical (unpaired) electrons. The van der Waals surface area contributed by atoms with Crippen molar-refractivity contribution in [2.45, 2.75) is 24.7 Å². The molecular weight excluding hydrogens is 376 g/mol. The van der Waals surface area contributed by atoms with E-state index in [2.05, 4.69) is 23.9 Å². The van der Waals surface area contributed by atoms with Gasteiger partial charge in [0.2, 0.25) is 10.0 Å². The van der Waals surface area contributed by atoms with Gasteiger partial charge in [-0.05, 0) is 50.1 Å². The van der Waals surface area contributed by atoms with Gasteiger partial charge in [-0.1, -0.05) is 6.92 Å². The molecule has 3 heterocycles. The molecule has 1 aromatic carbocycles. The molecule has 0 spiro atoms. The molecule has 2 fully saturated rings. The number of aromatic amines is 1. The zero-order valence-corrected chi connectivity index (χ0v) is 17.3. The van der Waals surface area contributed by atoms with Crippen molar-refractivity contribution in [1.82, 2.24) is 19.1 Å². The van der Waals surface area contributed by atoms with E-state index >= 15 is 0 Å². The Morgan fingerprint density at radius 1 is 1.04 bits per heavy atom. The fraction of sp³-hybridized carbons (Fsp3) is 0.550. The fourth-order valence-electron chi connectivity index (χ4n) is 3.94.